The molecule has 7 heavy (non-hydrogen) atoms. The lowest BCUT2D eigenvalue weighted by atomic mass is 10.2. The fourth-order valence-corrected chi connectivity index (χ4v) is 0.519. The molecule has 1 saturated heterocycles. The lowest BCUT2D eigenvalue weighted by Gasteiger charge is -2.03. The highest BCUT2D eigenvalue weighted by Gasteiger charge is 2.15. The van der Waals surface area contributed by atoms with Crippen molar-refractivity contribution in [1.29, 1.82) is 0 Å². The Morgan fingerprint density at radius 1 is 1.00 bits per heavy atom. The summed E-state index contributed by atoms with van der Waals surface area (Å²) in [6.45, 7) is 4.25. The van der Waals surface area contributed by atoms with E-state index in [2.05, 4.69) is 30.2 Å². The molecular weight excluding hydrogens is 90.1 g/mol. The van der Waals surface area contributed by atoms with Gasteiger partial charge in [0.15, 0.2) is 0 Å². The van der Waals surface area contributed by atoms with Crippen LogP contribution in [0.5, 0.6) is 0 Å². The highest BCUT2D eigenvalue weighted by atomic mass is 15.7. The third-order valence-electron chi connectivity index (χ3n) is 1.35. The maximum Gasteiger partial charge on any atom is 0.0362 e. The van der Waals surface area contributed by atoms with Crippen LogP contribution in [0, 0.1) is 0 Å². The maximum absolute atomic E-state index is 3.01. The molecule has 1 aliphatic rings. The van der Waals surface area contributed by atoms with Crippen LogP contribution in [-0.2, 0) is 0 Å². The van der Waals surface area contributed by atoms with Crippen molar-refractivity contribution in [3.8, 4) is 0 Å². The minimum Gasteiger partial charge on any atom is -0.240 e. The molecule has 1 aliphatic heterocycles. The smallest absolute Gasteiger partial charge is 0.0362 e. The standard InChI is InChI=1S/C4H11N3/c1-3-4(2)6-7-5-3/h3-7H,1-2H3. The van der Waals surface area contributed by atoms with Crippen LogP contribution in [0.1, 0.15) is 13.8 Å². The van der Waals surface area contributed by atoms with Crippen molar-refractivity contribution in [1.82, 2.24) is 16.4 Å². The summed E-state index contributed by atoms with van der Waals surface area (Å²) in [5.74, 6) is 0. The molecule has 2 atom stereocenters. The molecule has 0 aromatic carbocycles. The van der Waals surface area contributed by atoms with Gasteiger partial charge in [-0.1, -0.05) is 0 Å². The van der Waals surface area contributed by atoms with E-state index in [-0.39, 0.29) is 0 Å². The first-order valence-corrected chi connectivity index (χ1v) is 2.57. The van der Waals surface area contributed by atoms with Gasteiger partial charge in [-0.3, -0.25) is 0 Å². The predicted molar refractivity (Wildman–Crippen MR) is 28.3 cm³/mol. The summed E-state index contributed by atoms with van der Waals surface area (Å²) in [7, 11) is 0. The zero-order chi connectivity index (χ0) is 5.28. The fraction of sp³-hybridized carbons (Fsp3) is 1.00. The van der Waals surface area contributed by atoms with Crippen LogP contribution in [-0.4, -0.2) is 12.1 Å². The highest BCUT2D eigenvalue weighted by molar-refractivity contribution is 4.74. The van der Waals surface area contributed by atoms with E-state index in [1.165, 1.54) is 0 Å². The van der Waals surface area contributed by atoms with E-state index in [9.17, 15) is 0 Å². The number of hydrogen-bond donors (Lipinski definition) is 3. The Balaban J connectivity index is 2.33. The van der Waals surface area contributed by atoms with Crippen molar-refractivity contribution in [2.45, 2.75) is 25.9 Å². The van der Waals surface area contributed by atoms with Gasteiger partial charge in [-0.05, 0) is 13.8 Å². The molecule has 3 nitrogen and oxygen atoms in total. The van der Waals surface area contributed by atoms with Gasteiger partial charge in [0.25, 0.3) is 0 Å². The second kappa shape index (κ2) is 1.78. The zero-order valence-electron chi connectivity index (χ0n) is 4.65. The van der Waals surface area contributed by atoms with Gasteiger partial charge >= 0.3 is 0 Å². The summed E-state index contributed by atoms with van der Waals surface area (Å²) in [5.41, 5.74) is 8.84. The summed E-state index contributed by atoms with van der Waals surface area (Å²) < 4.78 is 0. The average molecular weight is 101 g/mol. The Kier molecular flexibility index (Phi) is 1.27. The minimum absolute atomic E-state index is 0.542. The lowest BCUT2D eigenvalue weighted by Crippen LogP contribution is -2.32. The van der Waals surface area contributed by atoms with Gasteiger partial charge < -0.3 is 0 Å². The fourth-order valence-electron chi connectivity index (χ4n) is 0.519. The van der Waals surface area contributed by atoms with E-state index in [0.717, 1.165) is 0 Å². The molecule has 3 heteroatoms. The number of rotatable bonds is 0. The Morgan fingerprint density at radius 2 is 1.43 bits per heavy atom. The van der Waals surface area contributed by atoms with Crippen molar-refractivity contribution in [2.75, 3.05) is 0 Å². The van der Waals surface area contributed by atoms with Crippen LogP contribution in [0.25, 0.3) is 0 Å². The molecule has 42 valence electrons. The predicted octanol–water partition coefficient (Wildman–Crippen LogP) is -0.624. The first-order valence-electron chi connectivity index (χ1n) is 2.57. The van der Waals surface area contributed by atoms with Crippen molar-refractivity contribution in [2.24, 2.45) is 0 Å². The van der Waals surface area contributed by atoms with Crippen molar-refractivity contribution in [3.63, 3.8) is 0 Å². The molecule has 0 aromatic heterocycles. The summed E-state index contributed by atoms with van der Waals surface area (Å²) in [4.78, 5) is 0. The topological polar surface area (TPSA) is 36.1 Å². The molecule has 0 aliphatic carbocycles. The average Bonchev–Trinajstić information content (AvgIpc) is 1.91. The third-order valence-corrected chi connectivity index (χ3v) is 1.35. The van der Waals surface area contributed by atoms with Crippen LogP contribution >= 0.6 is 0 Å². The van der Waals surface area contributed by atoms with Crippen molar-refractivity contribution in [3.05, 3.63) is 0 Å². The summed E-state index contributed by atoms with van der Waals surface area (Å²) in [6.07, 6.45) is 0. The van der Waals surface area contributed by atoms with Gasteiger partial charge in [-0.15, -0.1) is 0 Å². The molecule has 0 amide bonds. The van der Waals surface area contributed by atoms with Gasteiger partial charge in [0.1, 0.15) is 0 Å². The maximum atomic E-state index is 3.01. The van der Waals surface area contributed by atoms with Crippen LogP contribution in [0.15, 0.2) is 0 Å². The van der Waals surface area contributed by atoms with Gasteiger partial charge in [0.05, 0.1) is 0 Å². The number of hydrazine groups is 2. The largest absolute Gasteiger partial charge is 0.240 e. The number of hydrogen-bond acceptors (Lipinski definition) is 3. The van der Waals surface area contributed by atoms with Gasteiger partial charge in [0.2, 0.25) is 0 Å². The first-order chi connectivity index (χ1) is 3.30. The molecule has 0 bridgehead atoms. The second-order valence-corrected chi connectivity index (χ2v) is 1.99. The molecule has 1 heterocycles. The first kappa shape index (κ1) is 5.03. The van der Waals surface area contributed by atoms with E-state index < -0.39 is 0 Å². The summed E-state index contributed by atoms with van der Waals surface area (Å²) in [6, 6.07) is 1.08. The van der Waals surface area contributed by atoms with E-state index in [0.29, 0.717) is 12.1 Å². The molecule has 0 radical (unpaired) electrons. The Hall–Kier alpha value is -0.120. The van der Waals surface area contributed by atoms with E-state index in [1.54, 1.807) is 0 Å². The molecule has 0 spiro atoms. The zero-order valence-corrected chi connectivity index (χ0v) is 4.65. The highest BCUT2D eigenvalue weighted by Crippen LogP contribution is 1.91. The van der Waals surface area contributed by atoms with E-state index >= 15 is 0 Å². The Bertz CT molecular complexity index is 56.0. The third kappa shape index (κ3) is 0.907. The SMILES string of the molecule is CC1NNNC1C. The molecule has 1 rings (SSSR count). The lowest BCUT2D eigenvalue weighted by molar-refractivity contribution is 0.559. The van der Waals surface area contributed by atoms with Crippen molar-refractivity contribution < 1.29 is 0 Å². The quantitative estimate of drug-likeness (QED) is 0.380. The molecule has 2 unspecified atom stereocenters. The molecule has 0 saturated carbocycles. The van der Waals surface area contributed by atoms with Crippen LogP contribution in [0.2, 0.25) is 0 Å². The monoisotopic (exact) mass is 101 g/mol. The normalized spacial score (nSPS) is 42.0. The van der Waals surface area contributed by atoms with E-state index in [4.69, 9.17) is 0 Å². The minimum atomic E-state index is 0.542. The van der Waals surface area contributed by atoms with Gasteiger partial charge in [-0.25, -0.2) is 10.9 Å². The molecule has 3 N–H and O–H groups in total. The molecule has 0 aromatic rings. The Labute approximate surface area is 43.4 Å². The van der Waals surface area contributed by atoms with Crippen LogP contribution < -0.4 is 16.4 Å². The van der Waals surface area contributed by atoms with Crippen molar-refractivity contribution >= 4 is 0 Å². The van der Waals surface area contributed by atoms with Gasteiger partial charge in [-0.2, -0.15) is 5.53 Å². The van der Waals surface area contributed by atoms with E-state index in [1.807, 2.05) is 0 Å². The van der Waals surface area contributed by atoms with Gasteiger partial charge in [0, 0.05) is 12.1 Å². The Morgan fingerprint density at radius 3 is 1.57 bits per heavy atom. The van der Waals surface area contributed by atoms with Crippen LogP contribution in [0.3, 0.4) is 0 Å². The molecular formula is C4H11N3. The summed E-state index contributed by atoms with van der Waals surface area (Å²) >= 11 is 0. The second-order valence-electron chi connectivity index (χ2n) is 1.99. The molecule has 1 fully saturated rings. The summed E-state index contributed by atoms with van der Waals surface area (Å²) in [5, 5.41) is 0. The number of nitrogens with one attached hydrogen (secondary N) is 3. The van der Waals surface area contributed by atoms with Crippen LogP contribution in [0.4, 0.5) is 0 Å².